The van der Waals surface area contributed by atoms with Crippen LogP contribution < -0.4 is 5.32 Å². The van der Waals surface area contributed by atoms with Crippen LogP contribution in [0, 0.1) is 0 Å². The van der Waals surface area contributed by atoms with Gasteiger partial charge in [-0.3, -0.25) is 9.59 Å². The zero-order chi connectivity index (χ0) is 8.85. The van der Waals surface area contributed by atoms with E-state index in [1.807, 2.05) is 0 Å². The van der Waals surface area contributed by atoms with Crippen LogP contribution in [0.1, 0.15) is 21.3 Å². The molecule has 0 rings (SSSR count). The summed E-state index contributed by atoms with van der Waals surface area (Å²) in [5.74, 6) is -0.938. The Kier molecular flexibility index (Phi) is 20.1. The minimum atomic E-state index is -0.619. The van der Waals surface area contributed by atoms with E-state index in [1.54, 1.807) is 6.92 Å². The summed E-state index contributed by atoms with van der Waals surface area (Å²) in [6.45, 7) is 3.35. The van der Waals surface area contributed by atoms with Crippen LogP contribution in [0.3, 0.4) is 0 Å². The van der Waals surface area contributed by atoms with E-state index in [0.29, 0.717) is 0 Å². The highest BCUT2D eigenvalue weighted by Crippen LogP contribution is 1.95. The van der Waals surface area contributed by atoms with E-state index >= 15 is 0 Å². The average molecular weight is 193 g/mol. The van der Waals surface area contributed by atoms with Crippen molar-refractivity contribution in [2.45, 2.75) is 33.3 Å². The first-order valence-corrected chi connectivity index (χ1v) is 3.23. The molecule has 0 fully saturated rings. The zero-order valence-electron chi connectivity index (χ0n) is 7.69. The largest absolute Gasteiger partial charge is 0.444 e. The first kappa shape index (κ1) is 23.2. The lowest BCUT2D eigenvalue weighted by molar-refractivity contribution is -0.137. The van der Waals surface area contributed by atoms with E-state index in [9.17, 15) is 9.59 Å². The van der Waals surface area contributed by atoms with Gasteiger partial charge in [-0.25, -0.2) is 0 Å². The van der Waals surface area contributed by atoms with Gasteiger partial charge in [0.15, 0.2) is 6.23 Å². The molecule has 0 aliphatic heterocycles. The molecule has 0 heterocycles. The third-order valence-electron chi connectivity index (χ3n) is 1.02. The van der Waals surface area contributed by atoms with E-state index in [1.165, 1.54) is 6.92 Å². The normalized spacial score (nSPS) is 11.6. The molecule has 2 atom stereocenters. The van der Waals surface area contributed by atoms with Crippen LogP contribution in [0.15, 0.2) is 0 Å². The Balaban J connectivity index is -0.000000167. The Morgan fingerprint density at radius 1 is 1.43 bits per heavy atom. The Bertz CT molecular complexity index is 155. The van der Waals surface area contributed by atoms with E-state index in [-0.39, 0.29) is 36.6 Å². The maximum absolute atomic E-state index is 10.8. The molecular formula is C7H14B3NO3. The van der Waals surface area contributed by atoms with Gasteiger partial charge in [-0.15, -0.1) is 0 Å². The SMILES string of the molecule is C.[B].[B].[B]C(C)C(=O)NC(C)OC=O. The van der Waals surface area contributed by atoms with Gasteiger partial charge in [0, 0.05) is 16.8 Å². The average Bonchev–Trinajstić information content (AvgIpc) is 1.87. The molecule has 0 bridgehead atoms. The molecule has 0 saturated carbocycles. The van der Waals surface area contributed by atoms with Crippen LogP contribution in [-0.4, -0.2) is 43.3 Å². The van der Waals surface area contributed by atoms with Gasteiger partial charge in [-0.1, -0.05) is 14.4 Å². The number of amides is 1. The van der Waals surface area contributed by atoms with Crippen molar-refractivity contribution >= 4 is 37.1 Å². The third-order valence-corrected chi connectivity index (χ3v) is 1.02. The Labute approximate surface area is 90.7 Å². The van der Waals surface area contributed by atoms with Crippen molar-refractivity contribution in [3.05, 3.63) is 0 Å². The van der Waals surface area contributed by atoms with Crippen LogP contribution in [0.4, 0.5) is 0 Å². The molecule has 0 aliphatic carbocycles. The first-order chi connectivity index (χ1) is 5.07. The number of hydrogen-bond acceptors (Lipinski definition) is 3. The van der Waals surface area contributed by atoms with E-state index in [4.69, 9.17) is 7.85 Å². The molecule has 1 N–H and O–H groups in total. The second-order valence-electron chi connectivity index (χ2n) is 2.17. The van der Waals surface area contributed by atoms with E-state index in [0.717, 1.165) is 0 Å². The quantitative estimate of drug-likeness (QED) is 0.370. The molecule has 8 radical (unpaired) electrons. The second kappa shape index (κ2) is 12.1. The van der Waals surface area contributed by atoms with Crippen molar-refractivity contribution in [3.63, 3.8) is 0 Å². The van der Waals surface area contributed by atoms with Crippen molar-refractivity contribution in [2.75, 3.05) is 0 Å². The molecule has 0 aromatic carbocycles. The van der Waals surface area contributed by atoms with Gasteiger partial charge in [0.25, 0.3) is 6.47 Å². The number of carbonyl (C=O) groups is 2. The van der Waals surface area contributed by atoms with Gasteiger partial charge in [0.2, 0.25) is 5.91 Å². The first-order valence-electron chi connectivity index (χ1n) is 3.23. The van der Waals surface area contributed by atoms with Crippen LogP contribution in [0.2, 0.25) is 5.82 Å². The molecule has 1 amide bonds. The van der Waals surface area contributed by atoms with Crippen molar-refractivity contribution in [2.24, 2.45) is 0 Å². The molecule has 0 aromatic rings. The van der Waals surface area contributed by atoms with E-state index < -0.39 is 12.0 Å². The molecule has 14 heavy (non-hydrogen) atoms. The summed E-state index contributed by atoms with van der Waals surface area (Å²) in [7, 11) is 5.22. The Hall–Kier alpha value is -0.865. The van der Waals surface area contributed by atoms with Crippen molar-refractivity contribution in [1.29, 1.82) is 0 Å². The number of rotatable bonds is 4. The highest BCUT2D eigenvalue weighted by atomic mass is 16.5. The van der Waals surface area contributed by atoms with Gasteiger partial charge in [-0.05, 0) is 12.7 Å². The molecule has 0 spiro atoms. The fraction of sp³-hybridized carbons (Fsp3) is 0.714. The third kappa shape index (κ3) is 11.1. The lowest BCUT2D eigenvalue weighted by Crippen LogP contribution is -2.36. The Morgan fingerprint density at radius 3 is 2.14 bits per heavy atom. The molecule has 74 valence electrons. The highest BCUT2D eigenvalue weighted by molar-refractivity contribution is 6.23. The van der Waals surface area contributed by atoms with Gasteiger partial charge >= 0.3 is 0 Å². The summed E-state index contributed by atoms with van der Waals surface area (Å²) in [6.07, 6.45) is -0.619. The molecule has 0 aliphatic rings. The topological polar surface area (TPSA) is 55.4 Å². The number of hydrogen-bond donors (Lipinski definition) is 1. The predicted molar refractivity (Wildman–Crippen MR) is 58.2 cm³/mol. The standard InChI is InChI=1S/C6H10BNO3.CH4.2B/c1-4(7)6(10)8-5(2)11-3-9;;;/h3-5H,1-2H3,(H,8,10);1H4;;. The number of ether oxygens (including phenoxy) is 1. The monoisotopic (exact) mass is 193 g/mol. The summed E-state index contributed by atoms with van der Waals surface area (Å²) < 4.78 is 4.39. The van der Waals surface area contributed by atoms with Gasteiger partial charge < -0.3 is 10.1 Å². The molecule has 7 heteroatoms. The van der Waals surface area contributed by atoms with Gasteiger partial charge in [0.05, 0.1) is 7.85 Å². The summed E-state index contributed by atoms with van der Waals surface area (Å²) in [5.41, 5.74) is 0. The second-order valence-corrected chi connectivity index (χ2v) is 2.17. The lowest BCUT2D eigenvalue weighted by Gasteiger charge is -2.13. The Morgan fingerprint density at radius 2 is 1.86 bits per heavy atom. The fourth-order valence-corrected chi connectivity index (χ4v) is 0.449. The number of nitrogens with one attached hydrogen (secondary N) is 1. The summed E-state index contributed by atoms with van der Waals surface area (Å²) in [6, 6.07) is 0. The maximum atomic E-state index is 10.8. The molecule has 4 nitrogen and oxygen atoms in total. The van der Waals surface area contributed by atoms with E-state index in [2.05, 4.69) is 10.1 Å². The van der Waals surface area contributed by atoms with Crippen LogP contribution in [0.5, 0.6) is 0 Å². The van der Waals surface area contributed by atoms with Crippen LogP contribution in [-0.2, 0) is 14.3 Å². The van der Waals surface area contributed by atoms with Crippen LogP contribution in [0.25, 0.3) is 0 Å². The molecule has 0 aromatic heterocycles. The number of carbonyl (C=O) groups excluding carboxylic acids is 2. The van der Waals surface area contributed by atoms with Crippen molar-refractivity contribution in [3.8, 4) is 0 Å². The minimum Gasteiger partial charge on any atom is -0.444 e. The summed E-state index contributed by atoms with van der Waals surface area (Å²) in [5, 5.41) is 2.36. The smallest absolute Gasteiger partial charge is 0.294 e. The molecular weight excluding hydrogens is 179 g/mol. The molecule has 2 unspecified atom stereocenters. The maximum Gasteiger partial charge on any atom is 0.294 e. The molecule has 0 saturated heterocycles. The lowest BCUT2D eigenvalue weighted by atomic mass is 9.89. The predicted octanol–water partition coefficient (Wildman–Crippen LogP) is -0.527. The van der Waals surface area contributed by atoms with Gasteiger partial charge in [-0.2, -0.15) is 0 Å². The summed E-state index contributed by atoms with van der Waals surface area (Å²) >= 11 is 0. The summed E-state index contributed by atoms with van der Waals surface area (Å²) in [4.78, 5) is 20.6. The van der Waals surface area contributed by atoms with Crippen molar-refractivity contribution < 1.29 is 14.3 Å². The van der Waals surface area contributed by atoms with Crippen LogP contribution >= 0.6 is 0 Å². The highest BCUT2D eigenvalue weighted by Gasteiger charge is 2.09. The zero-order valence-corrected chi connectivity index (χ0v) is 7.69. The van der Waals surface area contributed by atoms with Crippen molar-refractivity contribution in [1.82, 2.24) is 5.32 Å². The van der Waals surface area contributed by atoms with Gasteiger partial charge in [0.1, 0.15) is 0 Å². The fourth-order valence-electron chi connectivity index (χ4n) is 0.449. The minimum absolute atomic E-state index is 0.